The summed E-state index contributed by atoms with van der Waals surface area (Å²) in [6.45, 7) is -0.0979. The van der Waals surface area contributed by atoms with E-state index in [1.54, 1.807) is 0 Å². The maximum atomic E-state index is 13.3. The average molecular weight is 223 g/mol. The van der Waals surface area contributed by atoms with E-state index in [0.29, 0.717) is 6.29 Å². The van der Waals surface area contributed by atoms with Crippen molar-refractivity contribution in [3.05, 3.63) is 47.3 Å². The maximum absolute atomic E-state index is 13.3. The molecule has 0 aliphatic rings. The van der Waals surface area contributed by atoms with Crippen molar-refractivity contribution in [3.63, 3.8) is 0 Å². The van der Waals surface area contributed by atoms with Crippen LogP contribution in [0.15, 0.2) is 24.4 Å². The van der Waals surface area contributed by atoms with Crippen LogP contribution in [-0.4, -0.2) is 21.3 Å². The first-order valence-electron chi connectivity index (χ1n) is 4.49. The molecule has 0 unspecified atom stereocenters. The quantitative estimate of drug-likeness (QED) is 0.739. The minimum Gasteiger partial charge on any atom is -0.296 e. The highest BCUT2D eigenvalue weighted by molar-refractivity contribution is 5.70. The van der Waals surface area contributed by atoms with Crippen LogP contribution >= 0.6 is 0 Å². The van der Waals surface area contributed by atoms with Gasteiger partial charge in [-0.15, -0.1) is 5.10 Å². The summed E-state index contributed by atoms with van der Waals surface area (Å²) in [6.07, 6.45) is 1.83. The van der Waals surface area contributed by atoms with Gasteiger partial charge in [-0.05, 0) is 12.1 Å². The average Bonchev–Trinajstić information content (AvgIpc) is 2.71. The molecule has 1 heterocycles. The zero-order valence-electron chi connectivity index (χ0n) is 8.10. The second-order valence-corrected chi connectivity index (χ2v) is 3.16. The topological polar surface area (TPSA) is 47.8 Å². The van der Waals surface area contributed by atoms with E-state index in [2.05, 4.69) is 10.3 Å². The van der Waals surface area contributed by atoms with E-state index < -0.39 is 11.6 Å². The maximum Gasteiger partial charge on any atom is 0.171 e. The third-order valence-electron chi connectivity index (χ3n) is 2.06. The van der Waals surface area contributed by atoms with Gasteiger partial charge in [-0.1, -0.05) is 11.3 Å². The van der Waals surface area contributed by atoms with Crippen molar-refractivity contribution in [3.8, 4) is 0 Å². The fourth-order valence-electron chi connectivity index (χ4n) is 1.29. The molecule has 0 N–H and O–H groups in total. The minimum absolute atomic E-state index is 0.0979. The number of benzene rings is 1. The van der Waals surface area contributed by atoms with Gasteiger partial charge in [-0.2, -0.15) is 0 Å². The highest BCUT2D eigenvalue weighted by Crippen LogP contribution is 2.12. The van der Waals surface area contributed by atoms with Gasteiger partial charge in [-0.25, -0.2) is 13.5 Å². The SMILES string of the molecule is O=Cc1cn(Cc2c(F)cccc2F)nn1. The summed E-state index contributed by atoms with van der Waals surface area (Å²) in [4.78, 5) is 10.3. The van der Waals surface area contributed by atoms with Crippen LogP contribution < -0.4 is 0 Å². The molecule has 2 rings (SSSR count). The highest BCUT2D eigenvalue weighted by Gasteiger charge is 2.09. The Morgan fingerprint density at radius 2 is 2.00 bits per heavy atom. The van der Waals surface area contributed by atoms with Crippen LogP contribution in [0.4, 0.5) is 8.78 Å². The molecule has 0 aliphatic carbocycles. The molecule has 0 saturated carbocycles. The number of halogens is 2. The standard InChI is InChI=1S/C10H7F2N3O/c11-9-2-1-3-10(12)8(9)5-15-4-7(6-16)13-14-15/h1-4,6H,5H2. The first-order valence-corrected chi connectivity index (χ1v) is 4.49. The van der Waals surface area contributed by atoms with Crippen LogP contribution in [0.3, 0.4) is 0 Å². The number of carbonyl (C=O) groups is 1. The minimum atomic E-state index is -0.650. The number of nitrogens with zero attached hydrogens (tertiary/aromatic N) is 3. The van der Waals surface area contributed by atoms with Crippen molar-refractivity contribution in [1.82, 2.24) is 15.0 Å². The van der Waals surface area contributed by atoms with Gasteiger partial charge in [0.2, 0.25) is 0 Å². The molecular formula is C10H7F2N3O. The molecular weight excluding hydrogens is 216 g/mol. The fraction of sp³-hybridized carbons (Fsp3) is 0.100. The molecule has 4 nitrogen and oxygen atoms in total. The third-order valence-corrected chi connectivity index (χ3v) is 2.06. The summed E-state index contributed by atoms with van der Waals surface area (Å²) in [5, 5.41) is 7.06. The van der Waals surface area contributed by atoms with Crippen LogP contribution in [0.2, 0.25) is 0 Å². The first-order chi connectivity index (χ1) is 7.70. The molecule has 0 fully saturated rings. The second kappa shape index (κ2) is 4.18. The van der Waals surface area contributed by atoms with Gasteiger partial charge in [0.05, 0.1) is 12.7 Å². The molecule has 0 aliphatic heterocycles. The Labute approximate surface area is 89.5 Å². The Balaban J connectivity index is 2.29. The van der Waals surface area contributed by atoms with E-state index in [0.717, 1.165) is 12.1 Å². The van der Waals surface area contributed by atoms with E-state index in [4.69, 9.17) is 0 Å². The molecule has 2 aromatic rings. The van der Waals surface area contributed by atoms with Crippen molar-refractivity contribution in [2.24, 2.45) is 0 Å². The third kappa shape index (κ3) is 1.95. The summed E-state index contributed by atoms with van der Waals surface area (Å²) in [5.41, 5.74) is 0.0154. The Morgan fingerprint density at radius 1 is 1.31 bits per heavy atom. The van der Waals surface area contributed by atoms with Crippen molar-refractivity contribution >= 4 is 6.29 Å². The van der Waals surface area contributed by atoms with Gasteiger partial charge in [0.15, 0.2) is 6.29 Å². The van der Waals surface area contributed by atoms with Gasteiger partial charge < -0.3 is 0 Å². The van der Waals surface area contributed by atoms with E-state index in [1.807, 2.05) is 0 Å². The van der Waals surface area contributed by atoms with Crippen LogP contribution in [-0.2, 0) is 6.54 Å². The fourth-order valence-corrected chi connectivity index (χ4v) is 1.29. The number of carbonyl (C=O) groups excluding carboxylic acids is 1. The number of hydrogen-bond donors (Lipinski definition) is 0. The largest absolute Gasteiger partial charge is 0.296 e. The Hall–Kier alpha value is -2.11. The molecule has 0 radical (unpaired) electrons. The summed E-state index contributed by atoms with van der Waals surface area (Å²) in [5.74, 6) is -1.30. The van der Waals surface area contributed by atoms with Crippen LogP contribution in [0.1, 0.15) is 16.1 Å². The summed E-state index contributed by atoms with van der Waals surface area (Å²) < 4.78 is 27.7. The normalized spacial score (nSPS) is 10.4. The summed E-state index contributed by atoms with van der Waals surface area (Å²) >= 11 is 0. The number of aromatic nitrogens is 3. The van der Waals surface area contributed by atoms with E-state index in [-0.39, 0.29) is 17.8 Å². The zero-order chi connectivity index (χ0) is 11.5. The molecule has 0 spiro atoms. The van der Waals surface area contributed by atoms with E-state index in [9.17, 15) is 13.6 Å². The number of rotatable bonds is 3. The monoisotopic (exact) mass is 223 g/mol. The van der Waals surface area contributed by atoms with Gasteiger partial charge in [0, 0.05) is 5.56 Å². The van der Waals surface area contributed by atoms with Crippen LogP contribution in [0, 0.1) is 11.6 Å². The molecule has 0 saturated heterocycles. The van der Waals surface area contributed by atoms with Crippen molar-refractivity contribution < 1.29 is 13.6 Å². The summed E-state index contributed by atoms with van der Waals surface area (Å²) in [6, 6.07) is 3.61. The van der Waals surface area contributed by atoms with Gasteiger partial charge >= 0.3 is 0 Å². The lowest BCUT2D eigenvalue weighted by Crippen LogP contribution is -2.05. The number of aldehydes is 1. The van der Waals surface area contributed by atoms with Crippen LogP contribution in [0.5, 0.6) is 0 Å². The predicted molar refractivity (Wildman–Crippen MR) is 50.9 cm³/mol. The van der Waals surface area contributed by atoms with Crippen molar-refractivity contribution in [1.29, 1.82) is 0 Å². The Bertz CT molecular complexity index is 504. The predicted octanol–water partition coefficient (Wildman–Crippen LogP) is 1.42. The molecule has 82 valence electrons. The van der Waals surface area contributed by atoms with E-state index >= 15 is 0 Å². The lowest BCUT2D eigenvalue weighted by atomic mass is 10.2. The zero-order valence-corrected chi connectivity index (χ0v) is 8.10. The van der Waals surface area contributed by atoms with E-state index in [1.165, 1.54) is 16.9 Å². The second-order valence-electron chi connectivity index (χ2n) is 3.16. The molecule has 0 amide bonds. The van der Waals surface area contributed by atoms with Gasteiger partial charge in [0.25, 0.3) is 0 Å². The Kier molecular flexibility index (Phi) is 2.72. The van der Waals surface area contributed by atoms with Crippen molar-refractivity contribution in [2.75, 3.05) is 0 Å². The lowest BCUT2D eigenvalue weighted by molar-refractivity contribution is 0.111. The van der Waals surface area contributed by atoms with Gasteiger partial charge in [0.1, 0.15) is 17.3 Å². The molecule has 0 bridgehead atoms. The van der Waals surface area contributed by atoms with Crippen LogP contribution in [0.25, 0.3) is 0 Å². The van der Waals surface area contributed by atoms with Gasteiger partial charge in [-0.3, -0.25) is 4.79 Å². The molecule has 1 aromatic heterocycles. The lowest BCUT2D eigenvalue weighted by Gasteiger charge is -2.03. The molecule has 1 aromatic carbocycles. The number of hydrogen-bond acceptors (Lipinski definition) is 3. The highest BCUT2D eigenvalue weighted by atomic mass is 19.1. The molecule has 6 heteroatoms. The molecule has 0 atom stereocenters. The smallest absolute Gasteiger partial charge is 0.171 e. The molecule has 16 heavy (non-hydrogen) atoms. The summed E-state index contributed by atoms with van der Waals surface area (Å²) in [7, 11) is 0. The first kappa shape index (κ1) is 10.4. The Morgan fingerprint density at radius 3 is 2.56 bits per heavy atom. The van der Waals surface area contributed by atoms with Crippen molar-refractivity contribution in [2.45, 2.75) is 6.54 Å².